The van der Waals surface area contributed by atoms with Gasteiger partial charge in [-0.05, 0) is 19.1 Å². The highest BCUT2D eigenvalue weighted by Crippen LogP contribution is 2.34. The van der Waals surface area contributed by atoms with E-state index in [4.69, 9.17) is 9.47 Å². The van der Waals surface area contributed by atoms with E-state index in [0.717, 1.165) is 5.16 Å². The fourth-order valence-electron chi connectivity index (χ4n) is 1.90. The van der Waals surface area contributed by atoms with Crippen LogP contribution in [0.1, 0.15) is 6.92 Å². The van der Waals surface area contributed by atoms with Gasteiger partial charge in [0.15, 0.2) is 16.7 Å². The van der Waals surface area contributed by atoms with Crippen molar-refractivity contribution < 1.29 is 14.3 Å². The fraction of sp³-hybridized carbons (Fsp3) is 0.286. The fourth-order valence-corrected chi connectivity index (χ4v) is 2.73. The van der Waals surface area contributed by atoms with Gasteiger partial charge in [-0.3, -0.25) is 4.79 Å². The Bertz CT molecular complexity index is 671. The minimum absolute atomic E-state index is 0.0816. The summed E-state index contributed by atoms with van der Waals surface area (Å²) in [4.78, 5) is 16.4. The van der Waals surface area contributed by atoms with Crippen LogP contribution in [0, 0.1) is 0 Å². The number of carbonyl (C=O) groups excluding carboxylic acids is 1. The molecule has 1 aliphatic heterocycles. The largest absolute Gasteiger partial charge is 0.454 e. The molecule has 0 spiro atoms. The van der Waals surface area contributed by atoms with Gasteiger partial charge < -0.3 is 19.4 Å². The normalized spacial score (nSPS) is 14.0. The summed E-state index contributed by atoms with van der Waals surface area (Å²) < 4.78 is 12.4. The summed E-state index contributed by atoms with van der Waals surface area (Å²) in [7, 11) is 1.90. The van der Waals surface area contributed by atoms with E-state index in [1.807, 2.05) is 24.7 Å². The van der Waals surface area contributed by atoms with Gasteiger partial charge in [0.25, 0.3) is 0 Å². The highest BCUT2D eigenvalue weighted by Gasteiger charge is 2.18. The number of hydrogen-bond acceptors (Lipinski definition) is 5. The van der Waals surface area contributed by atoms with Crippen molar-refractivity contribution in [2.45, 2.75) is 17.3 Å². The molecule has 7 heteroatoms. The van der Waals surface area contributed by atoms with Crippen LogP contribution in [0.2, 0.25) is 0 Å². The van der Waals surface area contributed by atoms with Gasteiger partial charge in [0.05, 0.1) is 5.25 Å². The number of rotatable bonds is 4. The molecule has 21 heavy (non-hydrogen) atoms. The minimum Gasteiger partial charge on any atom is -0.454 e. The lowest BCUT2D eigenvalue weighted by atomic mass is 10.2. The van der Waals surface area contributed by atoms with Crippen molar-refractivity contribution in [3.8, 4) is 11.5 Å². The maximum Gasteiger partial charge on any atom is 0.237 e. The molecule has 1 atom stereocenters. The average Bonchev–Trinajstić information content (AvgIpc) is 3.07. The van der Waals surface area contributed by atoms with Gasteiger partial charge in [-0.1, -0.05) is 11.8 Å². The molecule has 0 bridgehead atoms. The molecule has 0 saturated heterocycles. The van der Waals surface area contributed by atoms with E-state index < -0.39 is 0 Å². The van der Waals surface area contributed by atoms with Gasteiger partial charge in [-0.15, -0.1) is 0 Å². The third kappa shape index (κ3) is 2.97. The van der Waals surface area contributed by atoms with Gasteiger partial charge >= 0.3 is 0 Å². The predicted octanol–water partition coefficient (Wildman–Crippen LogP) is 2.27. The highest BCUT2D eigenvalue weighted by molar-refractivity contribution is 8.00. The number of anilines is 1. The number of amides is 1. The third-order valence-electron chi connectivity index (χ3n) is 3.07. The number of nitrogens with zero attached hydrogens (tertiary/aromatic N) is 2. The first-order valence-corrected chi connectivity index (χ1v) is 7.36. The van der Waals surface area contributed by atoms with Crippen molar-refractivity contribution in [1.82, 2.24) is 9.55 Å². The molecule has 1 aromatic heterocycles. The first-order chi connectivity index (χ1) is 10.1. The topological polar surface area (TPSA) is 65.4 Å². The Balaban J connectivity index is 1.64. The van der Waals surface area contributed by atoms with E-state index in [-0.39, 0.29) is 18.0 Å². The first kappa shape index (κ1) is 13.8. The summed E-state index contributed by atoms with van der Waals surface area (Å²) in [6.45, 7) is 2.07. The summed E-state index contributed by atoms with van der Waals surface area (Å²) in [6.07, 6.45) is 3.57. The lowest BCUT2D eigenvalue weighted by Gasteiger charge is -2.12. The second-order valence-electron chi connectivity index (χ2n) is 4.64. The molecule has 0 aliphatic carbocycles. The molecule has 0 radical (unpaired) electrons. The molecule has 6 nitrogen and oxygen atoms in total. The second kappa shape index (κ2) is 5.69. The van der Waals surface area contributed by atoms with E-state index in [1.165, 1.54) is 11.8 Å². The summed E-state index contributed by atoms with van der Waals surface area (Å²) in [6, 6.07) is 5.34. The second-order valence-corrected chi connectivity index (χ2v) is 5.95. The minimum atomic E-state index is -0.253. The molecule has 1 amide bonds. The molecule has 2 heterocycles. The standard InChI is InChI=1S/C14H15N3O3S/c1-9(21-14-15-5-6-17(14)2)13(18)16-10-3-4-11-12(7-10)20-8-19-11/h3-7,9H,8H2,1-2H3,(H,16,18). The van der Waals surface area contributed by atoms with Crippen LogP contribution >= 0.6 is 11.8 Å². The van der Waals surface area contributed by atoms with E-state index in [0.29, 0.717) is 17.2 Å². The van der Waals surface area contributed by atoms with Gasteiger partial charge in [-0.2, -0.15) is 0 Å². The Morgan fingerprint density at radius 2 is 2.24 bits per heavy atom. The molecule has 1 N–H and O–H groups in total. The molecular weight excluding hydrogens is 290 g/mol. The molecule has 0 saturated carbocycles. The van der Waals surface area contributed by atoms with Crippen LogP contribution < -0.4 is 14.8 Å². The Hall–Kier alpha value is -2.15. The Kier molecular flexibility index (Phi) is 3.74. The van der Waals surface area contributed by atoms with Crippen LogP contribution in [-0.2, 0) is 11.8 Å². The predicted molar refractivity (Wildman–Crippen MR) is 79.7 cm³/mol. The third-order valence-corrected chi connectivity index (χ3v) is 4.24. The van der Waals surface area contributed by atoms with Crippen LogP contribution in [0.25, 0.3) is 0 Å². The van der Waals surface area contributed by atoms with Crippen molar-refractivity contribution >= 4 is 23.4 Å². The smallest absolute Gasteiger partial charge is 0.237 e. The lowest BCUT2D eigenvalue weighted by Crippen LogP contribution is -2.22. The number of thioether (sulfide) groups is 1. The Morgan fingerprint density at radius 3 is 3.00 bits per heavy atom. The number of aryl methyl sites for hydroxylation is 1. The van der Waals surface area contributed by atoms with Crippen LogP contribution in [0.4, 0.5) is 5.69 Å². The molecule has 1 aromatic carbocycles. The number of nitrogens with one attached hydrogen (secondary N) is 1. The van der Waals surface area contributed by atoms with Crippen molar-refractivity contribution in [2.75, 3.05) is 12.1 Å². The monoisotopic (exact) mass is 305 g/mol. The summed E-state index contributed by atoms with van der Waals surface area (Å²) >= 11 is 1.41. The number of ether oxygens (including phenoxy) is 2. The van der Waals surface area contributed by atoms with Gasteiger partial charge in [0, 0.05) is 31.2 Å². The number of benzene rings is 1. The maximum absolute atomic E-state index is 12.2. The molecule has 2 aromatic rings. The quantitative estimate of drug-likeness (QED) is 0.878. The molecule has 1 aliphatic rings. The SMILES string of the molecule is CC(Sc1nccn1C)C(=O)Nc1ccc2c(c1)OCO2. The van der Waals surface area contributed by atoms with Crippen LogP contribution in [0.15, 0.2) is 35.7 Å². The van der Waals surface area contributed by atoms with E-state index in [9.17, 15) is 4.79 Å². The zero-order valence-corrected chi connectivity index (χ0v) is 12.5. The number of fused-ring (bicyclic) bond motifs is 1. The molecule has 0 fully saturated rings. The average molecular weight is 305 g/mol. The molecule has 1 unspecified atom stereocenters. The van der Waals surface area contributed by atoms with Gasteiger partial charge in [-0.25, -0.2) is 4.98 Å². The molecule has 3 rings (SSSR count). The van der Waals surface area contributed by atoms with Crippen molar-refractivity contribution in [3.63, 3.8) is 0 Å². The van der Waals surface area contributed by atoms with E-state index in [2.05, 4.69) is 10.3 Å². The maximum atomic E-state index is 12.2. The van der Waals surface area contributed by atoms with Crippen molar-refractivity contribution in [1.29, 1.82) is 0 Å². The number of imidazole rings is 1. The Labute approximate surface area is 126 Å². The van der Waals surface area contributed by atoms with Crippen molar-refractivity contribution in [3.05, 3.63) is 30.6 Å². The van der Waals surface area contributed by atoms with E-state index in [1.54, 1.807) is 24.4 Å². The number of carbonyl (C=O) groups is 1. The van der Waals surface area contributed by atoms with Gasteiger partial charge in [0.2, 0.25) is 12.7 Å². The lowest BCUT2D eigenvalue weighted by molar-refractivity contribution is -0.115. The number of hydrogen-bond donors (Lipinski definition) is 1. The van der Waals surface area contributed by atoms with Crippen LogP contribution in [0.3, 0.4) is 0 Å². The first-order valence-electron chi connectivity index (χ1n) is 6.48. The van der Waals surface area contributed by atoms with E-state index >= 15 is 0 Å². The van der Waals surface area contributed by atoms with Crippen molar-refractivity contribution in [2.24, 2.45) is 7.05 Å². The van der Waals surface area contributed by atoms with Gasteiger partial charge in [0.1, 0.15) is 0 Å². The molecule has 110 valence electrons. The highest BCUT2D eigenvalue weighted by atomic mass is 32.2. The zero-order valence-electron chi connectivity index (χ0n) is 11.7. The summed E-state index contributed by atoms with van der Waals surface area (Å²) in [5.41, 5.74) is 0.691. The molecular formula is C14H15N3O3S. The number of aromatic nitrogens is 2. The Morgan fingerprint density at radius 1 is 1.43 bits per heavy atom. The van der Waals surface area contributed by atoms with Crippen LogP contribution in [-0.4, -0.2) is 27.5 Å². The summed E-state index contributed by atoms with van der Waals surface area (Å²) in [5, 5.41) is 3.43. The summed E-state index contributed by atoms with van der Waals surface area (Å²) in [5.74, 6) is 1.27. The van der Waals surface area contributed by atoms with Crippen LogP contribution in [0.5, 0.6) is 11.5 Å². The zero-order chi connectivity index (χ0) is 14.8.